The molecule has 0 saturated carbocycles. The van der Waals surface area contributed by atoms with Crippen molar-refractivity contribution in [2.75, 3.05) is 0 Å². The Labute approximate surface area is 265 Å². The van der Waals surface area contributed by atoms with Crippen molar-refractivity contribution < 1.29 is 23.0 Å². The lowest BCUT2D eigenvalue weighted by molar-refractivity contribution is 0.342. The quantitative estimate of drug-likeness (QED) is 0.181. The summed E-state index contributed by atoms with van der Waals surface area (Å²) in [6, 6.07) is 34.8. The van der Waals surface area contributed by atoms with Gasteiger partial charge in [0.1, 0.15) is 40.2 Å². The summed E-state index contributed by atoms with van der Waals surface area (Å²) >= 11 is 0. The molecule has 0 saturated heterocycles. The van der Waals surface area contributed by atoms with Crippen LogP contribution in [0.2, 0.25) is 0 Å². The molecule has 0 atom stereocenters. The fourth-order valence-corrected chi connectivity index (χ4v) is 8.05. The van der Waals surface area contributed by atoms with E-state index in [4.69, 9.17) is 23.0 Å². The highest BCUT2D eigenvalue weighted by atomic mass is 31.2. The minimum absolute atomic E-state index is 0.170. The van der Waals surface area contributed by atoms with Crippen LogP contribution in [-0.4, -0.2) is 0 Å². The lowest BCUT2D eigenvalue weighted by Crippen LogP contribution is -2.38. The van der Waals surface area contributed by atoms with Crippen LogP contribution in [0, 0.1) is 0 Å². The predicted octanol–water partition coefficient (Wildman–Crippen LogP) is 11.0. The molecule has 1 spiro atoms. The molecule has 5 aromatic rings. The largest absolute Gasteiger partial charge is 0.530 e. The number of hydrogen-bond donors (Lipinski definition) is 0. The highest BCUT2D eigenvalue weighted by Crippen LogP contribution is 2.67. The third kappa shape index (κ3) is 4.17. The Balaban J connectivity index is 1.40. The van der Waals surface area contributed by atoms with E-state index in [9.17, 15) is 0 Å². The number of hydrogen-bond acceptors (Lipinski definition) is 5. The van der Waals surface area contributed by atoms with Gasteiger partial charge in [-0.3, -0.25) is 0 Å². The van der Waals surface area contributed by atoms with Crippen LogP contribution in [0.15, 0.2) is 103 Å². The van der Waals surface area contributed by atoms with Crippen molar-refractivity contribution >= 4 is 8.60 Å². The minimum Gasteiger partial charge on any atom is -0.457 e. The number of benzene rings is 5. The van der Waals surface area contributed by atoms with Gasteiger partial charge in [-0.15, -0.1) is 0 Å². The SMILES string of the molecule is CC(C)(C)c1cccc(C(C)(C)C)c1OP1Oc2cccc3c2C2(c4ccccc4O3)c3ccccc3Oc3cccc(c32)O1. The van der Waals surface area contributed by atoms with Gasteiger partial charge in [-0.1, -0.05) is 108 Å². The average Bonchev–Trinajstić information content (AvgIpc) is 2.99. The van der Waals surface area contributed by atoms with E-state index < -0.39 is 14.0 Å². The van der Waals surface area contributed by atoms with E-state index in [2.05, 4.69) is 84.0 Å². The first-order chi connectivity index (χ1) is 21.6. The molecule has 8 rings (SSSR count). The summed E-state index contributed by atoms with van der Waals surface area (Å²) in [5.74, 6) is 5.12. The molecule has 226 valence electrons. The maximum absolute atomic E-state index is 6.95. The molecule has 0 amide bonds. The Kier molecular flexibility index (Phi) is 6.08. The van der Waals surface area contributed by atoms with Gasteiger partial charge >= 0.3 is 8.60 Å². The van der Waals surface area contributed by atoms with E-state index in [0.717, 1.165) is 62.1 Å². The van der Waals surface area contributed by atoms with E-state index in [1.165, 1.54) is 0 Å². The lowest BCUT2D eigenvalue weighted by atomic mass is 9.62. The summed E-state index contributed by atoms with van der Waals surface area (Å²) in [6.07, 6.45) is 0. The Hall–Kier alpha value is -4.47. The smallest absolute Gasteiger partial charge is 0.457 e. The van der Waals surface area contributed by atoms with Crippen molar-refractivity contribution in [2.24, 2.45) is 0 Å². The third-order valence-electron chi connectivity index (χ3n) is 8.89. The van der Waals surface area contributed by atoms with Gasteiger partial charge in [0.25, 0.3) is 0 Å². The highest BCUT2D eigenvalue weighted by molar-refractivity contribution is 7.43. The van der Waals surface area contributed by atoms with Gasteiger partial charge in [-0.05, 0) is 47.2 Å². The van der Waals surface area contributed by atoms with E-state index in [0.29, 0.717) is 11.5 Å². The van der Waals surface area contributed by atoms with Gasteiger partial charge in [0.15, 0.2) is 0 Å². The summed E-state index contributed by atoms with van der Waals surface area (Å²) in [6.45, 7) is 13.2. The molecule has 0 bridgehead atoms. The zero-order valence-electron chi connectivity index (χ0n) is 26.3. The van der Waals surface area contributed by atoms with E-state index in [-0.39, 0.29) is 10.8 Å². The van der Waals surface area contributed by atoms with Crippen LogP contribution in [0.25, 0.3) is 0 Å². The van der Waals surface area contributed by atoms with E-state index >= 15 is 0 Å². The maximum atomic E-state index is 6.95. The maximum Gasteiger partial charge on any atom is 0.530 e. The molecule has 0 fully saturated rings. The summed E-state index contributed by atoms with van der Waals surface area (Å²) < 4.78 is 34.0. The Morgan fingerprint density at radius 1 is 0.489 bits per heavy atom. The third-order valence-corrected chi connectivity index (χ3v) is 9.91. The van der Waals surface area contributed by atoms with Gasteiger partial charge in [-0.25, -0.2) is 0 Å². The van der Waals surface area contributed by atoms with Crippen molar-refractivity contribution in [3.63, 3.8) is 0 Å². The van der Waals surface area contributed by atoms with Crippen LogP contribution in [-0.2, 0) is 16.2 Å². The first kappa shape index (κ1) is 28.0. The molecular weight excluding hydrogens is 579 g/mol. The first-order valence-corrected chi connectivity index (χ1v) is 16.5. The molecule has 0 aliphatic carbocycles. The van der Waals surface area contributed by atoms with Crippen LogP contribution >= 0.6 is 8.60 Å². The zero-order valence-corrected chi connectivity index (χ0v) is 27.2. The molecule has 3 heterocycles. The second kappa shape index (κ2) is 9.76. The predicted molar refractivity (Wildman–Crippen MR) is 178 cm³/mol. The molecule has 45 heavy (non-hydrogen) atoms. The molecule has 5 aromatic carbocycles. The second-order valence-electron chi connectivity index (χ2n) is 13.9. The Bertz CT molecular complexity index is 1850. The summed E-state index contributed by atoms with van der Waals surface area (Å²) in [4.78, 5) is 0. The van der Waals surface area contributed by atoms with Crippen molar-refractivity contribution in [3.8, 4) is 40.2 Å². The number of rotatable bonds is 2. The minimum atomic E-state index is -1.97. The second-order valence-corrected chi connectivity index (χ2v) is 14.9. The zero-order chi connectivity index (χ0) is 31.1. The first-order valence-electron chi connectivity index (χ1n) is 15.4. The van der Waals surface area contributed by atoms with Gasteiger partial charge in [0, 0.05) is 22.3 Å². The van der Waals surface area contributed by atoms with Gasteiger partial charge in [-0.2, -0.15) is 0 Å². The Morgan fingerprint density at radius 2 is 0.889 bits per heavy atom. The highest BCUT2D eigenvalue weighted by Gasteiger charge is 2.55. The molecule has 0 radical (unpaired) electrons. The number of fused-ring (bicyclic) bond motifs is 2. The van der Waals surface area contributed by atoms with Gasteiger partial charge < -0.3 is 23.0 Å². The fraction of sp³-hybridized carbons (Fsp3) is 0.231. The summed E-state index contributed by atoms with van der Waals surface area (Å²) in [5.41, 5.74) is 4.86. The summed E-state index contributed by atoms with van der Waals surface area (Å²) in [7, 11) is -1.97. The van der Waals surface area contributed by atoms with Crippen LogP contribution < -0.4 is 23.0 Å². The molecule has 5 nitrogen and oxygen atoms in total. The molecule has 0 N–H and O–H groups in total. The molecule has 0 aromatic heterocycles. The lowest BCUT2D eigenvalue weighted by Gasteiger charge is -2.46. The monoisotopic (exact) mass is 614 g/mol. The average molecular weight is 615 g/mol. The summed E-state index contributed by atoms with van der Waals surface area (Å²) in [5, 5.41) is 0. The molecular formula is C39H35O5P. The van der Waals surface area contributed by atoms with Crippen LogP contribution in [0.3, 0.4) is 0 Å². The van der Waals surface area contributed by atoms with E-state index in [1.807, 2.05) is 60.7 Å². The van der Waals surface area contributed by atoms with Crippen LogP contribution in [0.1, 0.15) is 74.9 Å². The van der Waals surface area contributed by atoms with Gasteiger partial charge in [0.2, 0.25) is 0 Å². The van der Waals surface area contributed by atoms with Crippen molar-refractivity contribution in [1.82, 2.24) is 0 Å². The van der Waals surface area contributed by atoms with Crippen molar-refractivity contribution in [1.29, 1.82) is 0 Å². The fourth-order valence-electron chi connectivity index (χ4n) is 6.97. The van der Waals surface area contributed by atoms with Crippen molar-refractivity contribution in [2.45, 2.75) is 57.8 Å². The molecule has 6 heteroatoms. The molecule has 3 aliphatic heterocycles. The number of para-hydroxylation sites is 3. The van der Waals surface area contributed by atoms with Crippen LogP contribution in [0.4, 0.5) is 0 Å². The Morgan fingerprint density at radius 3 is 1.36 bits per heavy atom. The molecule has 0 unspecified atom stereocenters. The van der Waals surface area contributed by atoms with E-state index in [1.54, 1.807) is 0 Å². The van der Waals surface area contributed by atoms with Gasteiger partial charge in [0.05, 0.1) is 16.5 Å². The molecule has 3 aliphatic rings. The van der Waals surface area contributed by atoms with Crippen molar-refractivity contribution in [3.05, 3.63) is 137 Å². The van der Waals surface area contributed by atoms with Crippen LogP contribution in [0.5, 0.6) is 40.2 Å². The number of ether oxygens (including phenoxy) is 2. The topological polar surface area (TPSA) is 46.2 Å². The normalized spacial score (nSPS) is 15.7. The standard InChI is InChI=1S/C39H35O5P/c1-37(2,3)26-16-11-17-27(38(4,5)6)36(26)44-45-42-32-22-12-20-30-34(32)39(24-14-7-9-18-28(24)40-30)25-15-8-10-19-29(25)41-31-21-13-23-33(43-45)35(31)39/h7-23H,1-6H3.